The van der Waals surface area contributed by atoms with Gasteiger partial charge in [0.15, 0.2) is 0 Å². The Morgan fingerprint density at radius 1 is 1.25 bits per heavy atom. The van der Waals surface area contributed by atoms with E-state index in [2.05, 4.69) is 42.6 Å². The molecule has 1 aromatic carbocycles. The molecule has 90 valence electrons. The van der Waals surface area contributed by atoms with Gasteiger partial charge in [-0.05, 0) is 31.4 Å². The van der Waals surface area contributed by atoms with Crippen LogP contribution in [0, 0.1) is 0 Å². The van der Waals surface area contributed by atoms with Crippen LogP contribution in [-0.2, 0) is 4.74 Å². The van der Waals surface area contributed by atoms with Crippen LogP contribution in [0.1, 0.15) is 31.7 Å². The van der Waals surface area contributed by atoms with Crippen molar-refractivity contribution in [1.29, 1.82) is 0 Å². The average Bonchev–Trinajstić information content (AvgIpc) is 2.34. The fourth-order valence-corrected chi connectivity index (χ4v) is 1.66. The molecule has 0 fully saturated rings. The summed E-state index contributed by atoms with van der Waals surface area (Å²) in [5.74, 6) is 0.577. The lowest BCUT2D eigenvalue weighted by Crippen LogP contribution is -2.22. The molecule has 0 amide bonds. The standard InChI is InChI=1S/C14H23NO/c1-3-16-11-7-10-15-12-13(2)14-8-5-4-6-9-14/h4-6,8-9,13,15H,3,7,10-12H2,1-2H3/t13-/m1/s1. The van der Waals surface area contributed by atoms with Crippen LogP contribution < -0.4 is 5.32 Å². The molecule has 0 radical (unpaired) electrons. The van der Waals surface area contributed by atoms with E-state index in [0.717, 1.165) is 32.7 Å². The van der Waals surface area contributed by atoms with Gasteiger partial charge in [0.2, 0.25) is 0 Å². The third-order valence-corrected chi connectivity index (χ3v) is 2.67. The van der Waals surface area contributed by atoms with Gasteiger partial charge >= 0.3 is 0 Å². The second-order valence-electron chi connectivity index (χ2n) is 4.07. The van der Waals surface area contributed by atoms with Crippen LogP contribution in [0.2, 0.25) is 0 Å². The minimum atomic E-state index is 0.577. The van der Waals surface area contributed by atoms with Gasteiger partial charge in [0, 0.05) is 19.8 Å². The second kappa shape index (κ2) is 8.31. The summed E-state index contributed by atoms with van der Waals surface area (Å²) in [6, 6.07) is 10.6. The molecule has 1 rings (SSSR count). The number of ether oxygens (including phenoxy) is 1. The molecular formula is C14H23NO. The minimum Gasteiger partial charge on any atom is -0.382 e. The lowest BCUT2D eigenvalue weighted by atomic mass is 10.0. The van der Waals surface area contributed by atoms with Crippen LogP contribution in [0.3, 0.4) is 0 Å². The first-order valence-corrected chi connectivity index (χ1v) is 6.18. The molecule has 0 heterocycles. The molecule has 1 N–H and O–H groups in total. The van der Waals surface area contributed by atoms with Crippen molar-refractivity contribution >= 4 is 0 Å². The molecule has 2 heteroatoms. The molecule has 0 spiro atoms. The van der Waals surface area contributed by atoms with E-state index in [9.17, 15) is 0 Å². The molecule has 16 heavy (non-hydrogen) atoms. The van der Waals surface area contributed by atoms with E-state index < -0.39 is 0 Å². The minimum absolute atomic E-state index is 0.577. The molecular weight excluding hydrogens is 198 g/mol. The van der Waals surface area contributed by atoms with Crippen LogP contribution in [0.4, 0.5) is 0 Å². The molecule has 0 aliphatic carbocycles. The Balaban J connectivity index is 2.09. The van der Waals surface area contributed by atoms with Gasteiger partial charge in [-0.15, -0.1) is 0 Å². The molecule has 0 unspecified atom stereocenters. The van der Waals surface area contributed by atoms with Gasteiger partial charge < -0.3 is 10.1 Å². The lowest BCUT2D eigenvalue weighted by Gasteiger charge is -2.12. The van der Waals surface area contributed by atoms with Crippen LogP contribution in [0.25, 0.3) is 0 Å². The fourth-order valence-electron chi connectivity index (χ4n) is 1.66. The second-order valence-corrected chi connectivity index (χ2v) is 4.07. The van der Waals surface area contributed by atoms with Crippen LogP contribution in [-0.4, -0.2) is 26.3 Å². The quantitative estimate of drug-likeness (QED) is 0.682. The summed E-state index contributed by atoms with van der Waals surface area (Å²) >= 11 is 0. The van der Waals surface area contributed by atoms with E-state index in [1.807, 2.05) is 6.92 Å². The third-order valence-electron chi connectivity index (χ3n) is 2.67. The van der Waals surface area contributed by atoms with Crippen LogP contribution >= 0.6 is 0 Å². The summed E-state index contributed by atoms with van der Waals surface area (Å²) in [5.41, 5.74) is 1.40. The maximum absolute atomic E-state index is 5.29. The highest BCUT2D eigenvalue weighted by molar-refractivity contribution is 5.18. The molecule has 2 nitrogen and oxygen atoms in total. The van der Waals surface area contributed by atoms with Gasteiger partial charge in [-0.1, -0.05) is 37.3 Å². The first-order valence-electron chi connectivity index (χ1n) is 6.18. The first-order chi connectivity index (χ1) is 7.84. The maximum atomic E-state index is 5.29. The van der Waals surface area contributed by atoms with Crippen LogP contribution in [0.15, 0.2) is 30.3 Å². The topological polar surface area (TPSA) is 21.3 Å². The number of rotatable bonds is 8. The largest absolute Gasteiger partial charge is 0.382 e. The smallest absolute Gasteiger partial charge is 0.0477 e. The van der Waals surface area contributed by atoms with Gasteiger partial charge in [0.1, 0.15) is 0 Å². The Labute approximate surface area is 99.0 Å². The van der Waals surface area contributed by atoms with E-state index in [-0.39, 0.29) is 0 Å². The van der Waals surface area contributed by atoms with Crippen molar-refractivity contribution in [2.24, 2.45) is 0 Å². The number of hydrogen-bond donors (Lipinski definition) is 1. The van der Waals surface area contributed by atoms with Crippen molar-refractivity contribution < 1.29 is 4.74 Å². The van der Waals surface area contributed by atoms with Gasteiger partial charge in [-0.2, -0.15) is 0 Å². The predicted molar refractivity (Wildman–Crippen MR) is 68.8 cm³/mol. The summed E-state index contributed by atoms with van der Waals surface area (Å²) in [6.45, 7) is 8.05. The maximum Gasteiger partial charge on any atom is 0.0477 e. The number of nitrogens with one attached hydrogen (secondary N) is 1. The van der Waals surface area contributed by atoms with Crippen molar-refractivity contribution in [1.82, 2.24) is 5.32 Å². The summed E-state index contributed by atoms with van der Waals surface area (Å²) in [6.07, 6.45) is 1.09. The summed E-state index contributed by atoms with van der Waals surface area (Å²) < 4.78 is 5.29. The molecule has 1 atom stereocenters. The Kier molecular flexibility index (Phi) is 6.86. The highest BCUT2D eigenvalue weighted by Crippen LogP contribution is 2.12. The molecule has 1 aromatic rings. The molecule has 0 aliphatic rings. The summed E-state index contributed by atoms with van der Waals surface area (Å²) in [7, 11) is 0. The Morgan fingerprint density at radius 3 is 2.69 bits per heavy atom. The van der Waals surface area contributed by atoms with Crippen molar-refractivity contribution in [3.8, 4) is 0 Å². The molecule has 0 saturated carbocycles. The van der Waals surface area contributed by atoms with Gasteiger partial charge in [0.25, 0.3) is 0 Å². The first kappa shape index (κ1) is 13.2. The molecule has 0 bridgehead atoms. The monoisotopic (exact) mass is 221 g/mol. The van der Waals surface area contributed by atoms with Crippen LogP contribution in [0.5, 0.6) is 0 Å². The van der Waals surface area contributed by atoms with Gasteiger partial charge in [0.05, 0.1) is 0 Å². The fraction of sp³-hybridized carbons (Fsp3) is 0.571. The van der Waals surface area contributed by atoms with Crippen molar-refractivity contribution in [3.63, 3.8) is 0 Å². The normalized spacial score (nSPS) is 12.6. The Bertz CT molecular complexity index is 261. The van der Waals surface area contributed by atoms with E-state index in [1.54, 1.807) is 0 Å². The van der Waals surface area contributed by atoms with Gasteiger partial charge in [-0.25, -0.2) is 0 Å². The van der Waals surface area contributed by atoms with Crippen molar-refractivity contribution in [3.05, 3.63) is 35.9 Å². The zero-order chi connectivity index (χ0) is 11.6. The Morgan fingerprint density at radius 2 is 2.00 bits per heavy atom. The van der Waals surface area contributed by atoms with Gasteiger partial charge in [-0.3, -0.25) is 0 Å². The highest BCUT2D eigenvalue weighted by atomic mass is 16.5. The van der Waals surface area contributed by atoms with E-state index in [4.69, 9.17) is 4.74 Å². The zero-order valence-electron chi connectivity index (χ0n) is 10.4. The Hall–Kier alpha value is -0.860. The highest BCUT2D eigenvalue weighted by Gasteiger charge is 2.03. The average molecular weight is 221 g/mol. The number of hydrogen-bond acceptors (Lipinski definition) is 2. The predicted octanol–water partition coefficient (Wildman–Crippen LogP) is 2.81. The van der Waals surface area contributed by atoms with E-state index in [0.29, 0.717) is 5.92 Å². The molecule has 0 aromatic heterocycles. The SMILES string of the molecule is CCOCCCNC[C@@H](C)c1ccccc1. The van der Waals surface area contributed by atoms with E-state index >= 15 is 0 Å². The zero-order valence-corrected chi connectivity index (χ0v) is 10.4. The molecule has 0 saturated heterocycles. The van der Waals surface area contributed by atoms with Crippen molar-refractivity contribution in [2.75, 3.05) is 26.3 Å². The van der Waals surface area contributed by atoms with Crippen molar-refractivity contribution in [2.45, 2.75) is 26.2 Å². The van der Waals surface area contributed by atoms with E-state index in [1.165, 1.54) is 5.56 Å². The lowest BCUT2D eigenvalue weighted by molar-refractivity contribution is 0.144. The number of benzene rings is 1. The summed E-state index contributed by atoms with van der Waals surface area (Å²) in [5, 5.41) is 3.46. The molecule has 0 aliphatic heterocycles. The third kappa shape index (κ3) is 5.29. The summed E-state index contributed by atoms with van der Waals surface area (Å²) in [4.78, 5) is 0.